The van der Waals surface area contributed by atoms with Gasteiger partial charge in [0.1, 0.15) is 6.61 Å². The molecular formula is C15H10F3N3O3S. The zero-order valence-electron chi connectivity index (χ0n) is 12.7. The second-order valence-electron chi connectivity index (χ2n) is 5.05. The Morgan fingerprint density at radius 3 is 2.76 bits per heavy atom. The number of fused-ring (bicyclic) bond motifs is 1. The summed E-state index contributed by atoms with van der Waals surface area (Å²) in [5.41, 5.74) is -1.53. The lowest BCUT2D eigenvalue weighted by Crippen LogP contribution is -2.16. The monoisotopic (exact) mass is 369 g/mol. The standard InChI is InChI=1S/C15H10F3N3O3S/c1-8-6-12(22)21-14(19-8)25-11(20-21)7-24-13(23)9-4-2-3-5-10(9)15(16,17)18/h2-6H,7H2,1H3. The number of halogens is 3. The third kappa shape index (κ3) is 3.53. The number of nitrogens with zero attached hydrogens (tertiary/aromatic N) is 3. The summed E-state index contributed by atoms with van der Waals surface area (Å²) in [6.07, 6.45) is -4.67. The van der Waals surface area contributed by atoms with Gasteiger partial charge in [0.25, 0.3) is 5.56 Å². The number of aromatic nitrogens is 3. The van der Waals surface area contributed by atoms with Crippen LogP contribution in [0.1, 0.15) is 26.6 Å². The van der Waals surface area contributed by atoms with Crippen LogP contribution in [0.2, 0.25) is 0 Å². The van der Waals surface area contributed by atoms with Crippen molar-refractivity contribution in [2.45, 2.75) is 19.7 Å². The Morgan fingerprint density at radius 2 is 2.04 bits per heavy atom. The molecule has 2 heterocycles. The molecule has 0 aliphatic carbocycles. The smallest absolute Gasteiger partial charge is 0.417 e. The van der Waals surface area contributed by atoms with Gasteiger partial charge in [-0.15, -0.1) is 0 Å². The third-order valence-corrected chi connectivity index (χ3v) is 4.08. The Kier molecular flexibility index (Phi) is 4.29. The molecule has 0 radical (unpaired) electrons. The number of carbonyl (C=O) groups excluding carboxylic acids is 1. The van der Waals surface area contributed by atoms with Gasteiger partial charge in [0.2, 0.25) is 4.96 Å². The van der Waals surface area contributed by atoms with E-state index in [1.54, 1.807) is 6.92 Å². The average molecular weight is 369 g/mol. The zero-order valence-corrected chi connectivity index (χ0v) is 13.5. The van der Waals surface area contributed by atoms with Crippen molar-refractivity contribution in [2.75, 3.05) is 0 Å². The first kappa shape index (κ1) is 17.1. The van der Waals surface area contributed by atoms with Crippen molar-refractivity contribution in [3.8, 4) is 0 Å². The minimum atomic E-state index is -4.67. The van der Waals surface area contributed by atoms with E-state index in [1.807, 2.05) is 0 Å². The molecule has 25 heavy (non-hydrogen) atoms. The lowest BCUT2D eigenvalue weighted by molar-refractivity contribution is -0.138. The topological polar surface area (TPSA) is 73.6 Å². The number of aryl methyl sites for hydroxylation is 1. The first-order chi connectivity index (χ1) is 11.8. The Balaban J connectivity index is 1.82. The van der Waals surface area contributed by atoms with E-state index in [2.05, 4.69) is 10.1 Å². The van der Waals surface area contributed by atoms with E-state index in [0.717, 1.165) is 28.0 Å². The van der Waals surface area contributed by atoms with Crippen LogP contribution in [-0.2, 0) is 17.5 Å². The predicted molar refractivity (Wildman–Crippen MR) is 82.4 cm³/mol. The Morgan fingerprint density at radius 1 is 1.32 bits per heavy atom. The van der Waals surface area contributed by atoms with Crippen molar-refractivity contribution >= 4 is 22.3 Å². The van der Waals surface area contributed by atoms with E-state index in [0.29, 0.717) is 10.7 Å². The highest BCUT2D eigenvalue weighted by Crippen LogP contribution is 2.32. The maximum atomic E-state index is 12.9. The first-order valence-corrected chi connectivity index (χ1v) is 7.77. The van der Waals surface area contributed by atoms with Gasteiger partial charge in [0.15, 0.2) is 5.01 Å². The van der Waals surface area contributed by atoms with Crippen molar-refractivity contribution < 1.29 is 22.7 Å². The Bertz CT molecular complexity index is 1010. The van der Waals surface area contributed by atoms with E-state index < -0.39 is 28.8 Å². The molecule has 6 nitrogen and oxygen atoms in total. The number of hydrogen-bond acceptors (Lipinski definition) is 6. The van der Waals surface area contributed by atoms with Crippen LogP contribution in [0.4, 0.5) is 13.2 Å². The fraction of sp³-hybridized carbons (Fsp3) is 0.200. The molecule has 3 rings (SSSR count). The second-order valence-corrected chi connectivity index (χ2v) is 6.09. The Hall–Kier alpha value is -2.75. The van der Waals surface area contributed by atoms with E-state index in [-0.39, 0.29) is 11.6 Å². The van der Waals surface area contributed by atoms with Crippen LogP contribution < -0.4 is 5.56 Å². The molecule has 2 aromatic heterocycles. The fourth-order valence-corrected chi connectivity index (χ4v) is 2.99. The maximum absolute atomic E-state index is 12.9. The van der Waals surface area contributed by atoms with E-state index in [9.17, 15) is 22.8 Å². The molecule has 0 unspecified atom stereocenters. The lowest BCUT2D eigenvalue weighted by Gasteiger charge is -2.11. The summed E-state index contributed by atoms with van der Waals surface area (Å²) >= 11 is 1.01. The molecular weight excluding hydrogens is 359 g/mol. The van der Waals surface area contributed by atoms with Crippen LogP contribution in [0, 0.1) is 6.92 Å². The number of rotatable bonds is 3. The maximum Gasteiger partial charge on any atom is 0.417 e. The average Bonchev–Trinajstić information content (AvgIpc) is 2.95. The highest BCUT2D eigenvalue weighted by molar-refractivity contribution is 7.16. The van der Waals surface area contributed by atoms with Gasteiger partial charge >= 0.3 is 12.1 Å². The molecule has 3 aromatic rings. The van der Waals surface area contributed by atoms with Crippen molar-refractivity contribution in [3.05, 3.63) is 62.5 Å². The number of alkyl halides is 3. The molecule has 0 N–H and O–H groups in total. The van der Waals surface area contributed by atoms with Crippen LogP contribution in [0.3, 0.4) is 0 Å². The van der Waals surface area contributed by atoms with E-state index >= 15 is 0 Å². The highest BCUT2D eigenvalue weighted by Gasteiger charge is 2.35. The summed E-state index contributed by atoms with van der Waals surface area (Å²) in [6, 6.07) is 5.64. The normalized spacial score (nSPS) is 11.7. The van der Waals surface area contributed by atoms with Crippen molar-refractivity contribution in [3.63, 3.8) is 0 Å². The van der Waals surface area contributed by atoms with Crippen LogP contribution >= 0.6 is 11.3 Å². The molecule has 0 atom stereocenters. The van der Waals surface area contributed by atoms with E-state index in [1.165, 1.54) is 18.2 Å². The fourth-order valence-electron chi connectivity index (χ4n) is 2.13. The van der Waals surface area contributed by atoms with Crippen molar-refractivity contribution in [2.24, 2.45) is 0 Å². The van der Waals surface area contributed by atoms with Gasteiger partial charge in [-0.3, -0.25) is 4.79 Å². The van der Waals surface area contributed by atoms with Crippen LogP contribution in [0.5, 0.6) is 0 Å². The van der Waals surface area contributed by atoms with Gasteiger partial charge < -0.3 is 4.74 Å². The number of esters is 1. The summed E-state index contributed by atoms with van der Waals surface area (Å²) < 4.78 is 44.7. The highest BCUT2D eigenvalue weighted by atomic mass is 32.1. The van der Waals surface area contributed by atoms with Crippen LogP contribution in [0.25, 0.3) is 4.96 Å². The van der Waals surface area contributed by atoms with Crippen LogP contribution in [0.15, 0.2) is 35.1 Å². The summed E-state index contributed by atoms with van der Waals surface area (Å²) in [5.74, 6) is -1.12. The van der Waals surface area contributed by atoms with Crippen LogP contribution in [-0.4, -0.2) is 20.6 Å². The van der Waals surface area contributed by atoms with Gasteiger partial charge in [0, 0.05) is 11.8 Å². The second kappa shape index (κ2) is 6.28. The van der Waals surface area contributed by atoms with Gasteiger partial charge in [-0.05, 0) is 19.1 Å². The summed E-state index contributed by atoms with van der Waals surface area (Å²) in [4.78, 5) is 28.2. The van der Waals surface area contributed by atoms with Crippen molar-refractivity contribution in [1.29, 1.82) is 0 Å². The summed E-state index contributed by atoms with van der Waals surface area (Å²) in [6.45, 7) is 1.28. The first-order valence-electron chi connectivity index (χ1n) is 6.95. The molecule has 0 saturated carbocycles. The zero-order chi connectivity index (χ0) is 18.2. The van der Waals surface area contributed by atoms with Gasteiger partial charge in [0.05, 0.1) is 11.1 Å². The molecule has 0 aliphatic rings. The largest absolute Gasteiger partial charge is 0.455 e. The van der Waals surface area contributed by atoms with E-state index in [4.69, 9.17) is 4.74 Å². The molecule has 0 bridgehead atoms. The number of benzene rings is 1. The minimum Gasteiger partial charge on any atom is -0.455 e. The minimum absolute atomic E-state index is 0.244. The molecule has 0 saturated heterocycles. The molecule has 10 heteroatoms. The molecule has 130 valence electrons. The van der Waals surface area contributed by atoms with Gasteiger partial charge in [-0.25, -0.2) is 9.78 Å². The SMILES string of the molecule is Cc1cc(=O)n2nc(COC(=O)c3ccccc3C(F)(F)F)sc2n1. The third-order valence-electron chi connectivity index (χ3n) is 3.19. The van der Waals surface area contributed by atoms with Gasteiger partial charge in [-0.1, -0.05) is 23.5 Å². The molecule has 0 spiro atoms. The molecule has 1 aromatic carbocycles. The Labute approximate surface area is 142 Å². The molecule has 0 aliphatic heterocycles. The molecule has 0 amide bonds. The summed E-state index contributed by atoms with van der Waals surface area (Å²) in [5, 5.41) is 4.19. The molecule has 0 fully saturated rings. The predicted octanol–water partition coefficient (Wildman–Crippen LogP) is 2.84. The van der Waals surface area contributed by atoms with Crippen molar-refractivity contribution in [1.82, 2.24) is 14.6 Å². The number of ether oxygens (including phenoxy) is 1. The quantitative estimate of drug-likeness (QED) is 0.664. The number of carbonyl (C=O) groups is 1. The summed E-state index contributed by atoms with van der Waals surface area (Å²) in [7, 11) is 0. The number of hydrogen-bond donors (Lipinski definition) is 0. The lowest BCUT2D eigenvalue weighted by atomic mass is 10.1. The van der Waals surface area contributed by atoms with Gasteiger partial charge in [-0.2, -0.15) is 22.8 Å².